The van der Waals surface area contributed by atoms with Crippen LogP contribution in [0.3, 0.4) is 0 Å². The standard InChI is InChI=1S/C13H10ClF3N2/c14-12-5-8(6-18)1-2-9(12)10-7-19-4-3-11(10)13(15,16)17/h1-5,7H,6,18H2. The number of nitrogens with two attached hydrogens (primary N) is 1. The third kappa shape index (κ3) is 2.88. The Morgan fingerprint density at radius 3 is 2.47 bits per heavy atom. The predicted octanol–water partition coefficient (Wildman–Crippen LogP) is 3.88. The maximum atomic E-state index is 12.9. The quantitative estimate of drug-likeness (QED) is 0.910. The van der Waals surface area contributed by atoms with E-state index in [1.54, 1.807) is 12.1 Å². The van der Waals surface area contributed by atoms with Crippen LogP contribution in [0.15, 0.2) is 36.7 Å². The molecule has 1 aromatic carbocycles. The average molecular weight is 287 g/mol. The lowest BCUT2D eigenvalue weighted by atomic mass is 10.0. The van der Waals surface area contributed by atoms with Gasteiger partial charge < -0.3 is 5.73 Å². The van der Waals surface area contributed by atoms with E-state index in [-0.39, 0.29) is 17.1 Å². The van der Waals surface area contributed by atoms with E-state index in [4.69, 9.17) is 17.3 Å². The molecule has 0 saturated heterocycles. The molecule has 0 atom stereocenters. The predicted molar refractivity (Wildman–Crippen MR) is 67.6 cm³/mol. The van der Waals surface area contributed by atoms with Crippen molar-refractivity contribution in [2.75, 3.05) is 0 Å². The molecular formula is C13H10ClF3N2. The molecule has 100 valence electrons. The van der Waals surface area contributed by atoms with Crippen LogP contribution < -0.4 is 5.73 Å². The normalized spacial score (nSPS) is 11.6. The first-order valence-electron chi connectivity index (χ1n) is 5.43. The Labute approximate surface area is 113 Å². The van der Waals surface area contributed by atoms with Crippen LogP contribution in [0.25, 0.3) is 11.1 Å². The second kappa shape index (κ2) is 5.19. The zero-order chi connectivity index (χ0) is 14.0. The van der Waals surface area contributed by atoms with Crippen molar-refractivity contribution in [2.24, 2.45) is 5.73 Å². The smallest absolute Gasteiger partial charge is 0.326 e. The number of benzene rings is 1. The average Bonchev–Trinajstić information content (AvgIpc) is 2.37. The highest BCUT2D eigenvalue weighted by Crippen LogP contribution is 2.38. The Bertz CT molecular complexity index is 597. The molecule has 1 heterocycles. The molecule has 0 spiro atoms. The van der Waals surface area contributed by atoms with Crippen molar-refractivity contribution in [2.45, 2.75) is 12.7 Å². The lowest BCUT2D eigenvalue weighted by Crippen LogP contribution is -2.07. The second-order valence-corrected chi connectivity index (χ2v) is 4.34. The molecule has 0 aliphatic rings. The van der Waals surface area contributed by atoms with Gasteiger partial charge in [-0.05, 0) is 17.7 Å². The van der Waals surface area contributed by atoms with Crippen LogP contribution in [0.5, 0.6) is 0 Å². The van der Waals surface area contributed by atoms with Crippen molar-refractivity contribution < 1.29 is 13.2 Å². The Hall–Kier alpha value is -1.59. The maximum absolute atomic E-state index is 12.9. The third-order valence-corrected chi connectivity index (χ3v) is 3.00. The molecule has 0 saturated carbocycles. The van der Waals surface area contributed by atoms with Gasteiger partial charge in [0.1, 0.15) is 0 Å². The zero-order valence-electron chi connectivity index (χ0n) is 9.71. The molecule has 2 nitrogen and oxygen atoms in total. The van der Waals surface area contributed by atoms with Gasteiger partial charge in [0.15, 0.2) is 0 Å². The summed E-state index contributed by atoms with van der Waals surface area (Å²) in [5, 5.41) is 0.224. The van der Waals surface area contributed by atoms with E-state index < -0.39 is 11.7 Å². The lowest BCUT2D eigenvalue weighted by Gasteiger charge is -2.13. The molecule has 2 aromatic rings. The van der Waals surface area contributed by atoms with Gasteiger partial charge in [-0.15, -0.1) is 0 Å². The van der Waals surface area contributed by atoms with E-state index in [0.717, 1.165) is 24.0 Å². The van der Waals surface area contributed by atoms with Crippen molar-refractivity contribution in [1.29, 1.82) is 0 Å². The number of halogens is 4. The van der Waals surface area contributed by atoms with Gasteiger partial charge in [-0.25, -0.2) is 0 Å². The molecular weight excluding hydrogens is 277 g/mol. The molecule has 0 aliphatic heterocycles. The Morgan fingerprint density at radius 2 is 1.89 bits per heavy atom. The molecule has 6 heteroatoms. The van der Waals surface area contributed by atoms with Crippen LogP contribution in [0.1, 0.15) is 11.1 Å². The van der Waals surface area contributed by atoms with Gasteiger partial charge in [0.2, 0.25) is 0 Å². The van der Waals surface area contributed by atoms with Crippen molar-refractivity contribution >= 4 is 11.6 Å². The molecule has 0 aliphatic carbocycles. The fourth-order valence-corrected chi connectivity index (χ4v) is 2.07. The lowest BCUT2D eigenvalue weighted by molar-refractivity contribution is -0.137. The van der Waals surface area contributed by atoms with E-state index in [0.29, 0.717) is 5.56 Å². The van der Waals surface area contributed by atoms with E-state index in [1.807, 2.05) is 0 Å². The van der Waals surface area contributed by atoms with Crippen LogP contribution >= 0.6 is 11.6 Å². The number of nitrogens with zero attached hydrogens (tertiary/aromatic N) is 1. The largest absolute Gasteiger partial charge is 0.417 e. The number of aromatic nitrogens is 1. The summed E-state index contributed by atoms with van der Waals surface area (Å²) in [5.74, 6) is 0. The summed E-state index contributed by atoms with van der Waals surface area (Å²) in [6.07, 6.45) is -2.19. The molecule has 0 amide bonds. The zero-order valence-corrected chi connectivity index (χ0v) is 10.5. The summed E-state index contributed by atoms with van der Waals surface area (Å²) in [6.45, 7) is 0.277. The molecule has 0 fully saturated rings. The minimum atomic E-state index is -4.45. The van der Waals surface area contributed by atoms with E-state index >= 15 is 0 Å². The van der Waals surface area contributed by atoms with Crippen LogP contribution in [0, 0.1) is 0 Å². The molecule has 2 rings (SSSR count). The Morgan fingerprint density at radius 1 is 1.16 bits per heavy atom. The summed E-state index contributed by atoms with van der Waals surface area (Å²) in [7, 11) is 0. The van der Waals surface area contributed by atoms with E-state index in [9.17, 15) is 13.2 Å². The van der Waals surface area contributed by atoms with E-state index in [1.165, 1.54) is 6.07 Å². The van der Waals surface area contributed by atoms with Crippen LogP contribution in [0.4, 0.5) is 13.2 Å². The molecule has 19 heavy (non-hydrogen) atoms. The van der Waals surface area contributed by atoms with Crippen LogP contribution in [0.2, 0.25) is 5.02 Å². The SMILES string of the molecule is NCc1ccc(-c2cnccc2C(F)(F)F)c(Cl)c1. The minimum Gasteiger partial charge on any atom is -0.326 e. The first-order valence-corrected chi connectivity index (χ1v) is 5.81. The summed E-state index contributed by atoms with van der Waals surface area (Å²) >= 11 is 6.01. The summed E-state index contributed by atoms with van der Waals surface area (Å²) in [4.78, 5) is 3.74. The molecule has 0 bridgehead atoms. The third-order valence-electron chi connectivity index (χ3n) is 2.69. The Kier molecular flexibility index (Phi) is 3.78. The number of pyridine rings is 1. The van der Waals surface area contributed by atoms with Gasteiger partial charge in [0, 0.05) is 35.1 Å². The first-order chi connectivity index (χ1) is 8.93. The number of hydrogen-bond donors (Lipinski definition) is 1. The van der Waals surface area contributed by atoms with Crippen LogP contribution in [-0.2, 0) is 12.7 Å². The number of rotatable bonds is 2. The van der Waals surface area contributed by atoms with E-state index in [2.05, 4.69) is 4.98 Å². The number of hydrogen-bond acceptors (Lipinski definition) is 2. The van der Waals surface area contributed by atoms with Crippen molar-refractivity contribution in [3.8, 4) is 11.1 Å². The van der Waals surface area contributed by atoms with Gasteiger partial charge in [-0.3, -0.25) is 4.98 Å². The van der Waals surface area contributed by atoms with Crippen molar-refractivity contribution in [1.82, 2.24) is 4.98 Å². The van der Waals surface area contributed by atoms with Crippen LogP contribution in [-0.4, -0.2) is 4.98 Å². The van der Waals surface area contributed by atoms with Gasteiger partial charge in [0.25, 0.3) is 0 Å². The second-order valence-electron chi connectivity index (χ2n) is 3.94. The highest BCUT2D eigenvalue weighted by Gasteiger charge is 2.34. The molecule has 0 radical (unpaired) electrons. The topological polar surface area (TPSA) is 38.9 Å². The van der Waals surface area contributed by atoms with Gasteiger partial charge in [-0.2, -0.15) is 13.2 Å². The van der Waals surface area contributed by atoms with Gasteiger partial charge in [-0.1, -0.05) is 23.7 Å². The molecule has 0 unspecified atom stereocenters. The van der Waals surface area contributed by atoms with Crippen molar-refractivity contribution in [3.05, 3.63) is 52.8 Å². The summed E-state index contributed by atoms with van der Waals surface area (Å²) in [5.41, 5.74) is 5.70. The van der Waals surface area contributed by atoms with Gasteiger partial charge >= 0.3 is 6.18 Å². The number of alkyl halides is 3. The highest BCUT2D eigenvalue weighted by atomic mass is 35.5. The van der Waals surface area contributed by atoms with Gasteiger partial charge in [0.05, 0.1) is 5.56 Å². The summed E-state index contributed by atoms with van der Waals surface area (Å²) in [6, 6.07) is 5.66. The van der Waals surface area contributed by atoms with Crippen molar-refractivity contribution in [3.63, 3.8) is 0 Å². The fourth-order valence-electron chi connectivity index (χ4n) is 1.76. The Balaban J connectivity index is 2.60. The maximum Gasteiger partial charge on any atom is 0.417 e. The summed E-state index contributed by atoms with van der Waals surface area (Å²) < 4.78 is 38.8. The first kappa shape index (κ1) is 13.8. The monoisotopic (exact) mass is 286 g/mol. The minimum absolute atomic E-state index is 0.0384. The fraction of sp³-hybridized carbons (Fsp3) is 0.154. The highest BCUT2D eigenvalue weighted by molar-refractivity contribution is 6.33. The molecule has 2 N–H and O–H groups in total. The molecule has 1 aromatic heterocycles.